The fraction of sp³-hybridized carbons (Fsp3) is 0.0545. The van der Waals surface area contributed by atoms with E-state index in [0.717, 1.165) is 17.1 Å². The van der Waals surface area contributed by atoms with Crippen LogP contribution in [0.15, 0.2) is 218 Å². The van der Waals surface area contributed by atoms with Crippen molar-refractivity contribution in [1.82, 2.24) is 0 Å². The average molecular weight is 731 g/mol. The Morgan fingerprint density at radius 1 is 0.386 bits per heavy atom. The van der Waals surface area contributed by atoms with E-state index in [1.165, 1.54) is 72.3 Å². The molecule has 0 radical (unpaired) electrons. The van der Waals surface area contributed by atoms with Crippen LogP contribution in [0.4, 0.5) is 34.1 Å². The molecular weight excluding hydrogens is 689 g/mol. The topological polar surface area (TPSA) is 6.48 Å². The van der Waals surface area contributed by atoms with Gasteiger partial charge in [-0.15, -0.1) is 0 Å². The average Bonchev–Trinajstić information content (AvgIpc) is 3.28. The number of fused-ring (bicyclic) bond motifs is 3. The van der Waals surface area contributed by atoms with Gasteiger partial charge in [-0.05, 0) is 75.2 Å². The number of para-hydroxylation sites is 2. The molecule has 272 valence electrons. The highest BCUT2D eigenvalue weighted by molar-refractivity contribution is 6.08. The number of anilines is 6. The Kier molecular flexibility index (Phi) is 8.53. The molecule has 0 N–H and O–H groups in total. The molecule has 1 heterocycles. The van der Waals surface area contributed by atoms with Crippen molar-refractivity contribution in [3.05, 3.63) is 230 Å². The molecule has 2 nitrogen and oxygen atoms in total. The lowest BCUT2D eigenvalue weighted by atomic mass is 9.73. The van der Waals surface area contributed by atoms with Crippen molar-refractivity contribution in [3.8, 4) is 33.4 Å². The summed E-state index contributed by atoms with van der Waals surface area (Å²) in [7, 11) is 0. The van der Waals surface area contributed by atoms with Gasteiger partial charge in [0.05, 0.1) is 22.7 Å². The number of rotatable bonds is 7. The van der Waals surface area contributed by atoms with Gasteiger partial charge in [0.15, 0.2) is 0 Å². The second-order valence-electron chi connectivity index (χ2n) is 15.4. The minimum absolute atomic E-state index is 0.247. The van der Waals surface area contributed by atoms with Crippen LogP contribution in [0, 0.1) is 0 Å². The maximum Gasteiger partial charge on any atom is 0.0618 e. The summed E-state index contributed by atoms with van der Waals surface area (Å²) < 4.78 is 0. The van der Waals surface area contributed by atoms with E-state index in [0.29, 0.717) is 0 Å². The predicted octanol–water partition coefficient (Wildman–Crippen LogP) is 15.4. The number of benzene rings is 9. The first-order valence-electron chi connectivity index (χ1n) is 19.8. The lowest BCUT2D eigenvalue weighted by Crippen LogP contribution is -2.31. The first-order chi connectivity index (χ1) is 28.1. The Bertz CT molecular complexity index is 2860. The van der Waals surface area contributed by atoms with Gasteiger partial charge >= 0.3 is 0 Å². The van der Waals surface area contributed by atoms with E-state index < -0.39 is 0 Å². The summed E-state index contributed by atoms with van der Waals surface area (Å²) in [6.07, 6.45) is 0. The molecule has 0 aliphatic carbocycles. The monoisotopic (exact) mass is 730 g/mol. The molecule has 9 aromatic carbocycles. The molecule has 0 saturated heterocycles. The van der Waals surface area contributed by atoms with Crippen molar-refractivity contribution in [2.45, 2.75) is 19.3 Å². The number of hydrogen-bond acceptors (Lipinski definition) is 2. The molecule has 1 aliphatic rings. The second kappa shape index (κ2) is 14.2. The summed E-state index contributed by atoms with van der Waals surface area (Å²) >= 11 is 0. The van der Waals surface area contributed by atoms with Crippen LogP contribution in [0.25, 0.3) is 44.2 Å². The lowest BCUT2D eigenvalue weighted by molar-refractivity contribution is 0.632. The third kappa shape index (κ3) is 5.98. The lowest BCUT2D eigenvalue weighted by Gasteiger charge is -2.43. The van der Waals surface area contributed by atoms with Gasteiger partial charge in [0, 0.05) is 33.3 Å². The Balaban J connectivity index is 1.24. The highest BCUT2D eigenvalue weighted by Gasteiger charge is 2.38. The van der Waals surface area contributed by atoms with Crippen LogP contribution in [0.3, 0.4) is 0 Å². The van der Waals surface area contributed by atoms with Crippen LogP contribution in [0.5, 0.6) is 0 Å². The molecule has 0 fully saturated rings. The SMILES string of the molecule is CC1(C)c2ccccc2N(c2c(-c3ccccc3)ccc3ccccc23)c2cc(N(c3ccc(-c4ccccc4)cc3)c3ccccc3-c3ccccc3)ccc21. The van der Waals surface area contributed by atoms with Gasteiger partial charge in [0.2, 0.25) is 0 Å². The van der Waals surface area contributed by atoms with Crippen LogP contribution >= 0.6 is 0 Å². The van der Waals surface area contributed by atoms with E-state index in [9.17, 15) is 0 Å². The molecule has 57 heavy (non-hydrogen) atoms. The second-order valence-corrected chi connectivity index (χ2v) is 15.4. The molecule has 10 rings (SSSR count). The minimum Gasteiger partial charge on any atom is -0.310 e. The normalized spacial score (nSPS) is 12.8. The zero-order valence-electron chi connectivity index (χ0n) is 32.2. The van der Waals surface area contributed by atoms with E-state index in [4.69, 9.17) is 0 Å². The standard InChI is InChI=1S/C55H42N2/c1-55(2)49-27-15-17-29-52(49)57(54-47-26-13-12-24-43(47)32-36-48(54)42-22-10-5-11-23-42)53-38-45(35-37-50(53)55)56(44-33-30-40(31-34-44)39-18-6-3-7-19-39)51-28-16-14-25-46(51)41-20-8-4-9-21-41/h3-38H,1-2H3. The fourth-order valence-electron chi connectivity index (χ4n) is 8.82. The fourth-order valence-corrected chi connectivity index (χ4v) is 8.82. The summed E-state index contributed by atoms with van der Waals surface area (Å²) in [5, 5.41) is 2.43. The molecule has 0 amide bonds. The molecule has 0 unspecified atom stereocenters. The van der Waals surface area contributed by atoms with Crippen molar-refractivity contribution < 1.29 is 0 Å². The Morgan fingerprint density at radius 2 is 0.930 bits per heavy atom. The van der Waals surface area contributed by atoms with Crippen LogP contribution in [0.1, 0.15) is 25.0 Å². The zero-order chi connectivity index (χ0) is 38.3. The van der Waals surface area contributed by atoms with Gasteiger partial charge in [0.25, 0.3) is 0 Å². The van der Waals surface area contributed by atoms with Gasteiger partial charge in [-0.3, -0.25) is 0 Å². The van der Waals surface area contributed by atoms with Gasteiger partial charge in [-0.2, -0.15) is 0 Å². The maximum atomic E-state index is 2.55. The summed E-state index contributed by atoms with van der Waals surface area (Å²) in [5.74, 6) is 0. The first-order valence-corrected chi connectivity index (χ1v) is 19.8. The summed E-state index contributed by atoms with van der Waals surface area (Å²) in [5.41, 5.74) is 16.3. The minimum atomic E-state index is -0.247. The number of nitrogens with zero attached hydrogens (tertiary/aromatic N) is 2. The van der Waals surface area contributed by atoms with Crippen molar-refractivity contribution in [2.75, 3.05) is 9.80 Å². The van der Waals surface area contributed by atoms with Crippen LogP contribution < -0.4 is 9.80 Å². The van der Waals surface area contributed by atoms with E-state index in [-0.39, 0.29) is 5.41 Å². The van der Waals surface area contributed by atoms with Crippen molar-refractivity contribution >= 4 is 44.9 Å². The third-order valence-corrected chi connectivity index (χ3v) is 11.6. The Morgan fingerprint density at radius 3 is 1.67 bits per heavy atom. The Hall–Kier alpha value is -7.16. The molecule has 0 atom stereocenters. The molecule has 0 spiro atoms. The Labute approximate surface area is 335 Å². The molecule has 1 aliphatic heterocycles. The quantitative estimate of drug-likeness (QED) is 0.161. The largest absolute Gasteiger partial charge is 0.310 e. The highest BCUT2D eigenvalue weighted by Crippen LogP contribution is 2.56. The molecule has 2 heteroatoms. The van der Waals surface area contributed by atoms with E-state index in [1.54, 1.807) is 0 Å². The molecule has 9 aromatic rings. The predicted molar refractivity (Wildman–Crippen MR) is 242 cm³/mol. The molecule has 0 aromatic heterocycles. The van der Waals surface area contributed by atoms with Crippen LogP contribution in [0.2, 0.25) is 0 Å². The van der Waals surface area contributed by atoms with Crippen molar-refractivity contribution in [3.63, 3.8) is 0 Å². The first kappa shape index (κ1) is 34.3. The van der Waals surface area contributed by atoms with Crippen molar-refractivity contribution in [2.24, 2.45) is 0 Å². The summed E-state index contributed by atoms with van der Waals surface area (Å²) in [4.78, 5) is 4.98. The van der Waals surface area contributed by atoms with E-state index >= 15 is 0 Å². The third-order valence-electron chi connectivity index (χ3n) is 11.6. The van der Waals surface area contributed by atoms with Gasteiger partial charge < -0.3 is 9.80 Å². The molecule has 0 saturated carbocycles. The molecule has 0 bridgehead atoms. The summed E-state index contributed by atoms with van der Waals surface area (Å²) in [6.45, 7) is 4.74. The zero-order valence-corrected chi connectivity index (χ0v) is 32.2. The summed E-state index contributed by atoms with van der Waals surface area (Å²) in [6, 6.07) is 79.4. The van der Waals surface area contributed by atoms with E-state index in [2.05, 4.69) is 242 Å². The van der Waals surface area contributed by atoms with Crippen LogP contribution in [-0.2, 0) is 5.41 Å². The molecular formula is C55H42N2. The number of hydrogen-bond donors (Lipinski definition) is 0. The smallest absolute Gasteiger partial charge is 0.0618 e. The van der Waals surface area contributed by atoms with Gasteiger partial charge in [-0.1, -0.05) is 196 Å². The van der Waals surface area contributed by atoms with Crippen LogP contribution in [-0.4, -0.2) is 0 Å². The van der Waals surface area contributed by atoms with Gasteiger partial charge in [-0.25, -0.2) is 0 Å². The highest BCUT2D eigenvalue weighted by atomic mass is 15.2. The maximum absolute atomic E-state index is 2.55. The van der Waals surface area contributed by atoms with Gasteiger partial charge in [0.1, 0.15) is 0 Å². The van der Waals surface area contributed by atoms with Crippen molar-refractivity contribution in [1.29, 1.82) is 0 Å². The van der Waals surface area contributed by atoms with E-state index in [1.807, 2.05) is 0 Å².